The molecule has 17 heavy (non-hydrogen) atoms. The minimum absolute atomic E-state index is 0.103. The molecule has 0 aromatic carbocycles. The van der Waals surface area contributed by atoms with Gasteiger partial charge in [0.15, 0.2) is 0 Å². The Balaban J connectivity index is 1.86. The lowest BCUT2D eigenvalue weighted by Crippen LogP contribution is -2.41. The van der Waals surface area contributed by atoms with Gasteiger partial charge in [-0.05, 0) is 13.8 Å². The Morgan fingerprint density at radius 3 is 3.00 bits per heavy atom. The lowest BCUT2D eigenvalue weighted by Gasteiger charge is -2.27. The summed E-state index contributed by atoms with van der Waals surface area (Å²) < 4.78 is 2.09. The van der Waals surface area contributed by atoms with Crippen LogP contribution in [0.15, 0.2) is 12.5 Å². The monoisotopic (exact) mass is 236 g/mol. The Kier molecular flexibility index (Phi) is 3.78. The van der Waals surface area contributed by atoms with E-state index in [-0.39, 0.29) is 11.9 Å². The quantitative estimate of drug-likeness (QED) is 0.782. The van der Waals surface area contributed by atoms with Gasteiger partial charge in [0.25, 0.3) is 0 Å². The number of hydrogen-bond acceptors (Lipinski definition) is 3. The van der Waals surface area contributed by atoms with Crippen molar-refractivity contribution in [2.24, 2.45) is 0 Å². The highest BCUT2D eigenvalue weighted by Crippen LogP contribution is 2.19. The fourth-order valence-corrected chi connectivity index (χ4v) is 1.97. The molecule has 2 N–H and O–H groups in total. The topological polar surface area (TPSA) is 59.0 Å². The van der Waals surface area contributed by atoms with E-state index in [0.717, 1.165) is 13.1 Å². The molecule has 0 spiro atoms. The van der Waals surface area contributed by atoms with Crippen LogP contribution >= 0.6 is 0 Å². The van der Waals surface area contributed by atoms with Gasteiger partial charge in [-0.15, -0.1) is 0 Å². The number of rotatable bonds is 5. The highest BCUT2D eigenvalue weighted by molar-refractivity contribution is 5.76. The molecule has 0 saturated carbocycles. The van der Waals surface area contributed by atoms with E-state index in [1.165, 1.54) is 5.69 Å². The van der Waals surface area contributed by atoms with Crippen LogP contribution in [0.1, 0.15) is 31.9 Å². The third-order valence-electron chi connectivity index (χ3n) is 2.97. The van der Waals surface area contributed by atoms with E-state index in [1.54, 1.807) is 0 Å². The van der Waals surface area contributed by atoms with Gasteiger partial charge >= 0.3 is 0 Å². The predicted octanol–water partition coefficient (Wildman–Crippen LogP) is 0.485. The van der Waals surface area contributed by atoms with Crippen LogP contribution in [-0.2, 0) is 11.3 Å². The minimum Gasteiger partial charge on any atom is -0.354 e. The van der Waals surface area contributed by atoms with E-state index in [9.17, 15) is 4.79 Å². The third-order valence-corrected chi connectivity index (χ3v) is 2.97. The highest BCUT2D eigenvalue weighted by Gasteiger charge is 2.22. The first-order chi connectivity index (χ1) is 8.16. The molecule has 1 fully saturated rings. The van der Waals surface area contributed by atoms with Crippen molar-refractivity contribution in [2.45, 2.75) is 38.8 Å². The van der Waals surface area contributed by atoms with Crippen LogP contribution in [0.25, 0.3) is 0 Å². The van der Waals surface area contributed by atoms with Gasteiger partial charge in [-0.2, -0.15) is 0 Å². The molecule has 1 saturated heterocycles. The number of aromatic nitrogens is 2. The molecule has 5 nitrogen and oxygen atoms in total. The standard InChI is InChI=1S/C12H20N4O/c1-9(2)15-12(17)3-4-16-8-14-7-11(16)10-5-13-6-10/h7-10,13H,3-6H2,1-2H3,(H,15,17). The van der Waals surface area contributed by atoms with Gasteiger partial charge in [-0.3, -0.25) is 4.79 Å². The van der Waals surface area contributed by atoms with Crippen molar-refractivity contribution in [1.82, 2.24) is 20.2 Å². The molecule has 1 aliphatic heterocycles. The van der Waals surface area contributed by atoms with Crippen molar-refractivity contribution in [1.29, 1.82) is 0 Å². The summed E-state index contributed by atoms with van der Waals surface area (Å²) >= 11 is 0. The van der Waals surface area contributed by atoms with Crippen molar-refractivity contribution in [2.75, 3.05) is 13.1 Å². The van der Waals surface area contributed by atoms with Crippen LogP contribution in [-0.4, -0.2) is 34.6 Å². The second-order valence-corrected chi connectivity index (χ2v) is 4.84. The molecule has 2 rings (SSSR count). The fraction of sp³-hybridized carbons (Fsp3) is 0.667. The highest BCUT2D eigenvalue weighted by atomic mass is 16.1. The molecule has 0 aliphatic carbocycles. The fourth-order valence-electron chi connectivity index (χ4n) is 1.97. The van der Waals surface area contributed by atoms with E-state index >= 15 is 0 Å². The molecule has 1 aromatic heterocycles. The van der Waals surface area contributed by atoms with Gasteiger partial charge in [-0.1, -0.05) is 0 Å². The second kappa shape index (κ2) is 5.31. The molecule has 0 atom stereocenters. The van der Waals surface area contributed by atoms with Gasteiger partial charge in [0.2, 0.25) is 5.91 Å². The number of amides is 1. The second-order valence-electron chi connectivity index (χ2n) is 4.84. The number of carbonyl (C=O) groups excluding carboxylic acids is 1. The van der Waals surface area contributed by atoms with Gasteiger partial charge < -0.3 is 15.2 Å². The summed E-state index contributed by atoms with van der Waals surface area (Å²) in [5, 5.41) is 6.14. The first-order valence-corrected chi connectivity index (χ1v) is 6.17. The van der Waals surface area contributed by atoms with E-state index in [2.05, 4.69) is 20.2 Å². The molecule has 1 aromatic rings. The van der Waals surface area contributed by atoms with Crippen LogP contribution in [0, 0.1) is 0 Å². The number of nitrogens with zero attached hydrogens (tertiary/aromatic N) is 2. The van der Waals surface area contributed by atoms with Crippen LogP contribution in [0.2, 0.25) is 0 Å². The number of carbonyl (C=O) groups is 1. The Hall–Kier alpha value is -1.36. The van der Waals surface area contributed by atoms with E-state index < -0.39 is 0 Å². The third kappa shape index (κ3) is 3.06. The average Bonchev–Trinajstić information content (AvgIpc) is 2.59. The van der Waals surface area contributed by atoms with Crippen LogP contribution in [0.4, 0.5) is 0 Å². The molecular formula is C12H20N4O. The minimum atomic E-state index is 0.103. The van der Waals surface area contributed by atoms with Crippen LogP contribution in [0.5, 0.6) is 0 Å². The Morgan fingerprint density at radius 2 is 2.41 bits per heavy atom. The summed E-state index contributed by atoms with van der Waals surface area (Å²) in [6.45, 7) is 6.69. The van der Waals surface area contributed by atoms with Crippen molar-refractivity contribution in [3.8, 4) is 0 Å². The summed E-state index contributed by atoms with van der Waals surface area (Å²) in [6.07, 6.45) is 4.24. The molecule has 5 heteroatoms. The molecule has 0 radical (unpaired) electrons. The van der Waals surface area contributed by atoms with Crippen molar-refractivity contribution < 1.29 is 4.79 Å². The smallest absolute Gasteiger partial charge is 0.221 e. The first kappa shape index (κ1) is 12.1. The Labute approximate surface area is 102 Å². The molecule has 94 valence electrons. The van der Waals surface area contributed by atoms with Gasteiger partial charge in [0, 0.05) is 49.9 Å². The van der Waals surface area contributed by atoms with Gasteiger partial charge in [-0.25, -0.2) is 4.98 Å². The largest absolute Gasteiger partial charge is 0.354 e. The van der Waals surface area contributed by atoms with E-state index in [4.69, 9.17) is 0 Å². The summed E-state index contributed by atoms with van der Waals surface area (Å²) in [7, 11) is 0. The number of nitrogens with one attached hydrogen (secondary N) is 2. The maximum absolute atomic E-state index is 11.6. The predicted molar refractivity (Wildman–Crippen MR) is 65.7 cm³/mol. The molecule has 2 heterocycles. The SMILES string of the molecule is CC(C)NC(=O)CCn1cncc1C1CNC1. The zero-order valence-electron chi connectivity index (χ0n) is 10.4. The molecule has 1 aliphatic rings. The molecule has 0 unspecified atom stereocenters. The van der Waals surface area contributed by atoms with Crippen LogP contribution < -0.4 is 10.6 Å². The number of imidazole rings is 1. The van der Waals surface area contributed by atoms with Crippen LogP contribution in [0.3, 0.4) is 0 Å². The number of aryl methyl sites for hydroxylation is 1. The molecular weight excluding hydrogens is 216 g/mol. The Morgan fingerprint density at radius 1 is 1.65 bits per heavy atom. The zero-order chi connectivity index (χ0) is 12.3. The Bertz CT molecular complexity index is 382. The summed E-state index contributed by atoms with van der Waals surface area (Å²) in [6, 6.07) is 0.209. The lowest BCUT2D eigenvalue weighted by atomic mass is 10.00. The summed E-state index contributed by atoms with van der Waals surface area (Å²) in [4.78, 5) is 15.7. The van der Waals surface area contributed by atoms with Crippen molar-refractivity contribution in [3.63, 3.8) is 0 Å². The van der Waals surface area contributed by atoms with Gasteiger partial charge in [0.05, 0.1) is 6.33 Å². The van der Waals surface area contributed by atoms with E-state index in [1.807, 2.05) is 26.4 Å². The number of hydrogen-bond donors (Lipinski definition) is 2. The van der Waals surface area contributed by atoms with E-state index in [0.29, 0.717) is 18.9 Å². The zero-order valence-corrected chi connectivity index (χ0v) is 10.4. The summed E-state index contributed by atoms with van der Waals surface area (Å²) in [5.74, 6) is 0.664. The van der Waals surface area contributed by atoms with Crippen molar-refractivity contribution >= 4 is 5.91 Å². The maximum atomic E-state index is 11.6. The summed E-state index contributed by atoms with van der Waals surface area (Å²) in [5.41, 5.74) is 1.24. The van der Waals surface area contributed by atoms with Gasteiger partial charge in [0.1, 0.15) is 0 Å². The first-order valence-electron chi connectivity index (χ1n) is 6.17. The molecule has 0 bridgehead atoms. The van der Waals surface area contributed by atoms with Crippen molar-refractivity contribution in [3.05, 3.63) is 18.2 Å². The molecule has 1 amide bonds. The average molecular weight is 236 g/mol. The maximum Gasteiger partial charge on any atom is 0.221 e. The normalized spacial score (nSPS) is 15.9. The lowest BCUT2D eigenvalue weighted by molar-refractivity contribution is -0.121.